The molecule has 12 heteroatoms. The molecule has 242 valence electrons. The second kappa shape index (κ2) is 13.5. The summed E-state index contributed by atoms with van der Waals surface area (Å²) in [5, 5.41) is 29.6. The van der Waals surface area contributed by atoms with Gasteiger partial charge in [0, 0.05) is 24.0 Å². The van der Waals surface area contributed by atoms with Crippen LogP contribution in [0, 0.1) is 5.92 Å². The van der Waals surface area contributed by atoms with Gasteiger partial charge >= 0.3 is 5.97 Å². The number of fused-ring (bicyclic) bond motifs is 9. The lowest BCUT2D eigenvalue weighted by Gasteiger charge is -2.28. The Hall–Kier alpha value is -5.10. The van der Waals surface area contributed by atoms with Crippen LogP contribution in [-0.4, -0.2) is 65.2 Å². The molecule has 3 aromatic carbocycles. The molecular formula is C34H38N4O8. The van der Waals surface area contributed by atoms with Crippen LogP contribution in [0.3, 0.4) is 0 Å². The number of phenols is 1. The fraction of sp³-hybridized carbons (Fsp3) is 0.353. The fourth-order valence-corrected chi connectivity index (χ4v) is 5.70. The topological polar surface area (TPSA) is 189 Å². The van der Waals surface area contributed by atoms with Crippen LogP contribution in [0.1, 0.15) is 37.0 Å². The van der Waals surface area contributed by atoms with Crippen LogP contribution in [0.15, 0.2) is 54.6 Å². The van der Waals surface area contributed by atoms with Gasteiger partial charge in [-0.15, -0.1) is 0 Å². The van der Waals surface area contributed by atoms with Gasteiger partial charge in [0.15, 0.2) is 11.5 Å². The van der Waals surface area contributed by atoms with Crippen molar-refractivity contribution in [1.29, 1.82) is 0 Å². The summed E-state index contributed by atoms with van der Waals surface area (Å²) in [6.07, 6.45) is 0.527. The summed E-state index contributed by atoms with van der Waals surface area (Å²) < 4.78 is 11.8. The fourth-order valence-electron chi connectivity index (χ4n) is 5.70. The molecular weight excluding hydrogens is 592 g/mol. The largest absolute Gasteiger partial charge is 0.504 e. The number of aromatic hydroxyl groups is 1. The van der Waals surface area contributed by atoms with E-state index < -0.39 is 47.9 Å². The minimum absolute atomic E-state index is 0.0255. The van der Waals surface area contributed by atoms with Gasteiger partial charge < -0.3 is 41.4 Å². The zero-order valence-electron chi connectivity index (χ0n) is 25.8. The first-order valence-corrected chi connectivity index (χ1v) is 15.2. The minimum atomic E-state index is -1.29. The van der Waals surface area contributed by atoms with Gasteiger partial charge in [-0.3, -0.25) is 14.4 Å². The third kappa shape index (κ3) is 6.91. The van der Waals surface area contributed by atoms with E-state index >= 15 is 0 Å². The van der Waals surface area contributed by atoms with E-state index in [0.29, 0.717) is 45.7 Å². The number of carbonyl (C=O) groups excluding carboxylic acids is 3. The Morgan fingerprint density at radius 2 is 1.61 bits per heavy atom. The van der Waals surface area contributed by atoms with Crippen molar-refractivity contribution >= 4 is 23.7 Å². The summed E-state index contributed by atoms with van der Waals surface area (Å²) in [5.74, 6) is -2.78. The van der Waals surface area contributed by atoms with Gasteiger partial charge in [0.25, 0.3) is 0 Å². The lowest BCUT2D eigenvalue weighted by Crippen LogP contribution is -2.59. The summed E-state index contributed by atoms with van der Waals surface area (Å²) in [6.45, 7) is 3.67. The van der Waals surface area contributed by atoms with Crippen LogP contribution in [-0.2, 0) is 38.4 Å². The number of hydrogen-bond acceptors (Lipinski definition) is 8. The maximum Gasteiger partial charge on any atom is 0.326 e. The second-order valence-electron chi connectivity index (χ2n) is 11.8. The Morgan fingerprint density at radius 1 is 0.913 bits per heavy atom. The van der Waals surface area contributed by atoms with E-state index in [9.17, 15) is 29.4 Å². The number of methoxy groups -OCH3 is 1. The van der Waals surface area contributed by atoms with Gasteiger partial charge in [-0.25, -0.2) is 4.79 Å². The smallest absolute Gasteiger partial charge is 0.326 e. The zero-order chi connectivity index (χ0) is 33.1. The number of ether oxygens (including phenoxy) is 2. The number of hydrogen-bond donors (Lipinski definition) is 6. The normalized spacial score (nSPS) is 22.3. The molecule has 7 N–H and O–H groups in total. The number of carbonyl (C=O) groups is 4. The molecule has 3 aromatic rings. The highest BCUT2D eigenvalue weighted by Crippen LogP contribution is 2.44. The highest BCUT2D eigenvalue weighted by Gasteiger charge is 2.34. The highest BCUT2D eigenvalue weighted by molar-refractivity contribution is 5.94. The number of nitrogens with one attached hydrogen (secondary N) is 3. The van der Waals surface area contributed by atoms with Gasteiger partial charge in [0.05, 0.1) is 13.2 Å². The average Bonchev–Trinajstić information content (AvgIpc) is 3.03. The molecule has 0 saturated heterocycles. The molecule has 5 unspecified atom stereocenters. The summed E-state index contributed by atoms with van der Waals surface area (Å²) >= 11 is 0. The molecule has 12 nitrogen and oxygen atoms in total. The predicted molar refractivity (Wildman–Crippen MR) is 169 cm³/mol. The average molecular weight is 631 g/mol. The van der Waals surface area contributed by atoms with Crippen molar-refractivity contribution in [1.82, 2.24) is 16.0 Å². The maximum absolute atomic E-state index is 13.8. The number of rotatable bonds is 4. The number of phenolic OH excluding ortho intramolecular Hbond substituents is 1. The van der Waals surface area contributed by atoms with Gasteiger partial charge in [-0.2, -0.15) is 0 Å². The monoisotopic (exact) mass is 630 g/mol. The van der Waals surface area contributed by atoms with E-state index in [2.05, 4.69) is 16.0 Å². The van der Waals surface area contributed by atoms with Crippen LogP contribution in [0.5, 0.6) is 23.0 Å². The SMILES string of the molecule is CCC(C)C1NC(=O)C(N)Cc2ccc(OC)c(c2)-c2cc3cc(c2O)Oc2ccc(cc2)CC(C(=O)O)NC(=O)C(C3)NC1=O. The Labute approximate surface area is 266 Å². The van der Waals surface area contributed by atoms with Gasteiger partial charge in [0.2, 0.25) is 17.7 Å². The lowest BCUT2D eigenvalue weighted by atomic mass is 9.94. The van der Waals surface area contributed by atoms with Crippen LogP contribution >= 0.6 is 0 Å². The Morgan fingerprint density at radius 3 is 2.28 bits per heavy atom. The summed E-state index contributed by atoms with van der Waals surface area (Å²) in [4.78, 5) is 53.1. The van der Waals surface area contributed by atoms with Crippen molar-refractivity contribution in [2.45, 2.75) is 63.7 Å². The summed E-state index contributed by atoms with van der Waals surface area (Å²) in [6, 6.07) is 10.5. The van der Waals surface area contributed by atoms with Crippen molar-refractivity contribution in [3.63, 3.8) is 0 Å². The first-order chi connectivity index (χ1) is 22.0. The molecule has 0 spiro atoms. The first-order valence-electron chi connectivity index (χ1n) is 15.2. The molecule has 0 aliphatic carbocycles. The Balaban J connectivity index is 1.74. The Kier molecular flexibility index (Phi) is 9.47. The number of carboxylic acids is 1. The zero-order valence-corrected chi connectivity index (χ0v) is 25.8. The summed E-state index contributed by atoms with van der Waals surface area (Å²) in [7, 11) is 1.49. The molecule has 0 aromatic heterocycles. The molecule has 0 saturated carbocycles. The number of amides is 3. The number of benzene rings is 3. The molecule has 3 aliphatic rings. The van der Waals surface area contributed by atoms with E-state index in [1.54, 1.807) is 61.5 Å². The maximum atomic E-state index is 13.8. The molecule has 5 atom stereocenters. The highest BCUT2D eigenvalue weighted by atomic mass is 16.5. The van der Waals surface area contributed by atoms with E-state index in [4.69, 9.17) is 15.2 Å². The number of carboxylic acid groups (broad SMARTS) is 1. The molecule has 46 heavy (non-hydrogen) atoms. The molecule has 3 heterocycles. The number of nitrogens with two attached hydrogens (primary N) is 1. The molecule has 8 bridgehead atoms. The third-order valence-corrected chi connectivity index (χ3v) is 8.55. The van der Waals surface area contributed by atoms with Crippen LogP contribution in [0.2, 0.25) is 0 Å². The molecule has 3 amide bonds. The van der Waals surface area contributed by atoms with E-state index in [0.717, 1.165) is 0 Å². The van der Waals surface area contributed by atoms with Crippen molar-refractivity contribution in [2.24, 2.45) is 11.7 Å². The van der Waals surface area contributed by atoms with Crippen LogP contribution in [0.4, 0.5) is 0 Å². The predicted octanol–water partition coefficient (Wildman–Crippen LogP) is 2.43. The lowest BCUT2D eigenvalue weighted by molar-refractivity contribution is -0.142. The second-order valence-corrected chi connectivity index (χ2v) is 11.8. The molecule has 6 rings (SSSR count). The van der Waals surface area contributed by atoms with Crippen molar-refractivity contribution in [2.75, 3.05) is 7.11 Å². The summed E-state index contributed by atoms with van der Waals surface area (Å²) in [5.41, 5.74) is 8.91. The standard InChI is InChI=1S/C34H38N4O8/c1-4-17(2)29-33(42)36-25-15-20-12-23(22-11-19(7-10-27(22)45-3)13-24(35)31(40)38-29)30(39)28(16-20)46-21-8-5-18(6-9-21)14-26(34(43)44)37-32(25)41/h5-12,16-17,24-26,29,39H,4,13-15,35H2,1-3H3,(H,36,42)(H,37,41)(H,38,40)(H,43,44). The van der Waals surface area contributed by atoms with Gasteiger partial charge in [-0.1, -0.05) is 38.5 Å². The van der Waals surface area contributed by atoms with E-state index in [1.807, 2.05) is 6.92 Å². The van der Waals surface area contributed by atoms with Crippen LogP contribution < -0.4 is 31.2 Å². The van der Waals surface area contributed by atoms with Crippen molar-refractivity contribution < 1.29 is 38.9 Å². The molecule has 0 fully saturated rings. The Bertz CT molecular complexity index is 1660. The van der Waals surface area contributed by atoms with Crippen molar-refractivity contribution in [3.05, 3.63) is 71.3 Å². The van der Waals surface area contributed by atoms with E-state index in [1.165, 1.54) is 7.11 Å². The number of aliphatic carboxylic acids is 1. The molecule has 3 aliphatic heterocycles. The quantitative estimate of drug-likeness (QED) is 0.252. The third-order valence-electron chi connectivity index (χ3n) is 8.55. The van der Waals surface area contributed by atoms with Gasteiger partial charge in [-0.05, 0) is 65.4 Å². The van der Waals surface area contributed by atoms with E-state index in [-0.39, 0.29) is 36.7 Å². The van der Waals surface area contributed by atoms with Crippen molar-refractivity contribution in [3.8, 4) is 34.1 Å². The minimum Gasteiger partial charge on any atom is -0.504 e. The van der Waals surface area contributed by atoms with Crippen LogP contribution in [0.25, 0.3) is 11.1 Å². The van der Waals surface area contributed by atoms with Gasteiger partial charge in [0.1, 0.15) is 29.6 Å². The first kappa shape index (κ1) is 32.3. The molecule has 0 radical (unpaired) electrons.